The zero-order chi connectivity index (χ0) is 18.9. The van der Waals surface area contributed by atoms with Crippen LogP contribution in [0.3, 0.4) is 0 Å². The molecule has 0 spiro atoms. The number of aromatic nitrogens is 1. The Hall–Kier alpha value is -2.47. The molecule has 140 valence electrons. The van der Waals surface area contributed by atoms with Gasteiger partial charge in [-0.15, -0.1) is 0 Å². The third kappa shape index (κ3) is 5.52. The molecule has 0 aliphatic heterocycles. The van der Waals surface area contributed by atoms with E-state index < -0.39 is 0 Å². The molecule has 2 aromatic rings. The zero-order valence-corrected chi connectivity index (χ0v) is 16.5. The monoisotopic (exact) mass is 375 g/mol. The van der Waals surface area contributed by atoms with Crippen molar-refractivity contribution in [3.8, 4) is 5.75 Å². The number of guanidine groups is 1. The zero-order valence-electron chi connectivity index (χ0n) is 15.7. The molecule has 1 aromatic carbocycles. The summed E-state index contributed by atoms with van der Waals surface area (Å²) >= 11 is 6.28. The highest BCUT2D eigenvalue weighted by atomic mass is 35.5. The molecule has 0 aliphatic rings. The van der Waals surface area contributed by atoms with Crippen LogP contribution >= 0.6 is 11.6 Å². The normalized spacial score (nSPS) is 11.2. The van der Waals surface area contributed by atoms with Crippen LogP contribution < -0.4 is 20.3 Å². The number of hydrogen-bond acceptors (Lipinski definition) is 4. The number of halogens is 1. The molecule has 0 saturated carbocycles. The number of anilines is 1. The van der Waals surface area contributed by atoms with Gasteiger partial charge in [0.05, 0.1) is 7.11 Å². The van der Waals surface area contributed by atoms with Crippen LogP contribution in [0.2, 0.25) is 5.02 Å². The first-order valence-electron chi connectivity index (χ1n) is 8.43. The predicted molar refractivity (Wildman–Crippen MR) is 108 cm³/mol. The Morgan fingerprint density at radius 3 is 2.69 bits per heavy atom. The summed E-state index contributed by atoms with van der Waals surface area (Å²) in [5.41, 5.74) is 2.18. The fourth-order valence-corrected chi connectivity index (χ4v) is 2.81. The molecule has 0 amide bonds. The maximum atomic E-state index is 6.28. The lowest BCUT2D eigenvalue weighted by molar-refractivity contribution is 0.414. The van der Waals surface area contributed by atoms with Crippen molar-refractivity contribution in [1.82, 2.24) is 15.6 Å². The number of benzene rings is 1. The van der Waals surface area contributed by atoms with Gasteiger partial charge in [-0.25, -0.2) is 4.98 Å². The van der Waals surface area contributed by atoms with Crippen molar-refractivity contribution < 1.29 is 4.74 Å². The van der Waals surface area contributed by atoms with Gasteiger partial charge >= 0.3 is 0 Å². The quantitative estimate of drug-likeness (QED) is 0.575. The highest BCUT2D eigenvalue weighted by molar-refractivity contribution is 6.31. The Balaban J connectivity index is 1.87. The average Bonchev–Trinajstić information content (AvgIpc) is 2.65. The van der Waals surface area contributed by atoms with E-state index >= 15 is 0 Å². The van der Waals surface area contributed by atoms with Crippen molar-refractivity contribution in [2.75, 3.05) is 39.7 Å². The van der Waals surface area contributed by atoms with Crippen molar-refractivity contribution in [2.45, 2.75) is 13.0 Å². The standard InChI is InChI=1S/C19H26ClN5O/c1-21-19(24-13-15-6-5-10-22-18(15)25(2)3)23-11-9-14-7-8-16(26-4)12-17(14)20/h5-8,10,12H,9,11,13H2,1-4H3,(H2,21,23,24). The summed E-state index contributed by atoms with van der Waals surface area (Å²) in [6.45, 7) is 1.36. The van der Waals surface area contributed by atoms with Crippen LogP contribution in [0.15, 0.2) is 41.5 Å². The minimum atomic E-state index is 0.643. The van der Waals surface area contributed by atoms with Gasteiger partial charge in [0.2, 0.25) is 0 Å². The smallest absolute Gasteiger partial charge is 0.191 e. The van der Waals surface area contributed by atoms with Crippen LogP contribution in [-0.2, 0) is 13.0 Å². The molecule has 0 fully saturated rings. The first-order chi connectivity index (χ1) is 12.5. The second kappa shape index (κ2) is 9.87. The number of rotatable bonds is 7. The number of nitrogens with one attached hydrogen (secondary N) is 2. The van der Waals surface area contributed by atoms with Crippen LogP contribution in [0.5, 0.6) is 5.75 Å². The number of aliphatic imine (C=N–C) groups is 1. The van der Waals surface area contributed by atoms with Crippen molar-refractivity contribution >= 4 is 23.4 Å². The molecule has 1 aromatic heterocycles. The third-order valence-corrected chi connectivity index (χ3v) is 4.26. The molecule has 0 saturated heterocycles. The van der Waals surface area contributed by atoms with E-state index in [0.717, 1.165) is 41.6 Å². The Labute approximate surface area is 160 Å². The van der Waals surface area contributed by atoms with Gasteiger partial charge in [0.25, 0.3) is 0 Å². The molecule has 0 atom stereocenters. The van der Waals surface area contributed by atoms with Crippen molar-refractivity contribution in [3.05, 3.63) is 52.7 Å². The molecule has 6 nitrogen and oxygen atoms in total. The number of methoxy groups -OCH3 is 1. The summed E-state index contributed by atoms with van der Waals surface area (Å²) in [6.07, 6.45) is 2.59. The Morgan fingerprint density at radius 2 is 2.04 bits per heavy atom. The molecule has 2 N–H and O–H groups in total. The van der Waals surface area contributed by atoms with Crippen LogP contribution in [0.25, 0.3) is 0 Å². The van der Waals surface area contributed by atoms with Gasteiger partial charge in [0.15, 0.2) is 5.96 Å². The second-order valence-corrected chi connectivity index (χ2v) is 6.35. The first kappa shape index (κ1) is 19.8. The van der Waals surface area contributed by atoms with Gasteiger partial charge in [-0.05, 0) is 30.2 Å². The van der Waals surface area contributed by atoms with Gasteiger partial charge in [0, 0.05) is 51.0 Å². The second-order valence-electron chi connectivity index (χ2n) is 5.94. The SMILES string of the molecule is CN=C(NCCc1ccc(OC)cc1Cl)NCc1cccnc1N(C)C. The fourth-order valence-electron chi connectivity index (χ4n) is 2.54. The van der Waals surface area contributed by atoms with Crippen LogP contribution in [0.4, 0.5) is 5.82 Å². The van der Waals surface area contributed by atoms with Gasteiger partial charge in [0.1, 0.15) is 11.6 Å². The van der Waals surface area contributed by atoms with Crippen LogP contribution in [0, 0.1) is 0 Å². The maximum Gasteiger partial charge on any atom is 0.191 e. The van der Waals surface area contributed by atoms with Gasteiger partial charge in [-0.2, -0.15) is 0 Å². The highest BCUT2D eigenvalue weighted by Gasteiger charge is 2.07. The Kier molecular flexibility index (Phi) is 7.53. The van der Waals surface area contributed by atoms with E-state index in [0.29, 0.717) is 11.6 Å². The lowest BCUT2D eigenvalue weighted by Gasteiger charge is -2.17. The topological polar surface area (TPSA) is 61.8 Å². The number of nitrogens with zero attached hydrogens (tertiary/aromatic N) is 3. The molecule has 2 rings (SSSR count). The molecule has 7 heteroatoms. The molecule has 0 bridgehead atoms. The summed E-state index contributed by atoms with van der Waals surface area (Å²) in [4.78, 5) is 10.7. The van der Waals surface area contributed by atoms with E-state index in [-0.39, 0.29) is 0 Å². The number of hydrogen-bond donors (Lipinski definition) is 2. The molecule has 1 heterocycles. The number of ether oxygens (including phenoxy) is 1. The Morgan fingerprint density at radius 1 is 1.23 bits per heavy atom. The molecule has 26 heavy (non-hydrogen) atoms. The fraction of sp³-hybridized carbons (Fsp3) is 0.368. The summed E-state index contributed by atoms with van der Waals surface area (Å²) in [5, 5.41) is 7.34. The molecule has 0 aliphatic carbocycles. The minimum absolute atomic E-state index is 0.643. The minimum Gasteiger partial charge on any atom is -0.497 e. The average molecular weight is 376 g/mol. The van der Waals surface area contributed by atoms with Crippen molar-refractivity contribution in [3.63, 3.8) is 0 Å². The van der Waals surface area contributed by atoms with Crippen molar-refractivity contribution in [1.29, 1.82) is 0 Å². The largest absolute Gasteiger partial charge is 0.497 e. The summed E-state index contributed by atoms with van der Waals surface area (Å²) in [6, 6.07) is 9.72. The van der Waals surface area contributed by atoms with Crippen LogP contribution in [-0.4, -0.2) is 45.7 Å². The van der Waals surface area contributed by atoms with Gasteiger partial charge in [-0.1, -0.05) is 23.7 Å². The third-order valence-electron chi connectivity index (χ3n) is 3.91. The predicted octanol–water partition coefficient (Wildman–Crippen LogP) is 2.72. The van der Waals surface area contributed by atoms with Crippen LogP contribution in [0.1, 0.15) is 11.1 Å². The van der Waals surface area contributed by atoms with Crippen molar-refractivity contribution in [2.24, 2.45) is 4.99 Å². The lowest BCUT2D eigenvalue weighted by atomic mass is 10.1. The first-order valence-corrected chi connectivity index (χ1v) is 8.81. The molecule has 0 radical (unpaired) electrons. The van der Waals surface area contributed by atoms with E-state index in [1.54, 1.807) is 20.4 Å². The van der Waals surface area contributed by atoms with E-state index in [4.69, 9.17) is 16.3 Å². The molecular weight excluding hydrogens is 350 g/mol. The Bertz CT molecular complexity index is 748. The number of pyridine rings is 1. The summed E-state index contributed by atoms with van der Waals surface area (Å²) < 4.78 is 5.17. The van der Waals surface area contributed by atoms with E-state index in [9.17, 15) is 0 Å². The van der Waals surface area contributed by atoms with Gasteiger partial charge < -0.3 is 20.3 Å². The molecular formula is C19H26ClN5O. The van der Waals surface area contributed by atoms with E-state index in [1.807, 2.05) is 43.3 Å². The van der Waals surface area contributed by atoms with Gasteiger partial charge in [-0.3, -0.25) is 4.99 Å². The highest BCUT2D eigenvalue weighted by Crippen LogP contribution is 2.22. The van der Waals surface area contributed by atoms with E-state index in [1.165, 1.54) is 0 Å². The molecule has 0 unspecified atom stereocenters. The van der Waals surface area contributed by atoms with E-state index in [2.05, 4.69) is 26.7 Å². The summed E-state index contributed by atoms with van der Waals surface area (Å²) in [5.74, 6) is 2.45. The maximum absolute atomic E-state index is 6.28. The lowest BCUT2D eigenvalue weighted by Crippen LogP contribution is -2.38. The summed E-state index contributed by atoms with van der Waals surface area (Å²) in [7, 11) is 7.35.